The van der Waals surface area contributed by atoms with Crippen LogP contribution in [-0.2, 0) is 0 Å². The smallest absolute Gasteiger partial charge is 0.0684 e. The summed E-state index contributed by atoms with van der Waals surface area (Å²) in [5.41, 5.74) is -0.165. The molecule has 0 amide bonds. The molecular weight excluding hydrogens is 186 g/mol. The van der Waals surface area contributed by atoms with Gasteiger partial charge in [-0.25, -0.2) is 0 Å². The van der Waals surface area contributed by atoms with Crippen molar-refractivity contribution in [3.8, 4) is 6.07 Å². The van der Waals surface area contributed by atoms with Crippen molar-refractivity contribution < 1.29 is 0 Å². The van der Waals surface area contributed by atoms with Crippen LogP contribution in [0.2, 0.25) is 0 Å². The van der Waals surface area contributed by atoms with E-state index in [1.807, 2.05) is 13.8 Å². The maximum atomic E-state index is 8.93. The molecule has 1 saturated heterocycles. The van der Waals surface area contributed by atoms with Crippen LogP contribution in [0.25, 0.3) is 0 Å². The van der Waals surface area contributed by atoms with Crippen LogP contribution in [0, 0.1) is 16.7 Å². The number of likely N-dealkylation sites (N-methyl/N-ethyl adjacent to an activating group) is 1. The number of nitrogens with zero attached hydrogens (tertiary/aromatic N) is 3. The highest BCUT2D eigenvalue weighted by Gasteiger charge is 2.20. The van der Waals surface area contributed by atoms with E-state index in [4.69, 9.17) is 5.26 Å². The molecule has 1 aliphatic rings. The van der Waals surface area contributed by atoms with E-state index in [0.717, 1.165) is 32.6 Å². The van der Waals surface area contributed by atoms with Crippen LogP contribution in [0.3, 0.4) is 0 Å². The van der Waals surface area contributed by atoms with Crippen molar-refractivity contribution in [2.75, 3.05) is 39.3 Å². The predicted octanol–water partition coefficient (Wildman–Crippen LogP) is 1.56. The van der Waals surface area contributed by atoms with E-state index < -0.39 is 0 Å². The zero-order valence-corrected chi connectivity index (χ0v) is 10.3. The Kier molecular flexibility index (Phi) is 4.56. The minimum atomic E-state index is -0.165. The Hall–Kier alpha value is -0.590. The van der Waals surface area contributed by atoms with Crippen LogP contribution < -0.4 is 0 Å². The SMILES string of the molecule is CCN1CCN(CCC(C)(C)C#N)CC1. The maximum absolute atomic E-state index is 8.93. The highest BCUT2D eigenvalue weighted by atomic mass is 15.3. The van der Waals surface area contributed by atoms with Crippen molar-refractivity contribution in [3.05, 3.63) is 0 Å². The summed E-state index contributed by atoms with van der Waals surface area (Å²) in [5, 5.41) is 8.93. The molecule has 1 heterocycles. The van der Waals surface area contributed by atoms with Crippen molar-refractivity contribution >= 4 is 0 Å². The lowest BCUT2D eigenvalue weighted by atomic mass is 9.91. The minimum absolute atomic E-state index is 0.165. The summed E-state index contributed by atoms with van der Waals surface area (Å²) in [6.07, 6.45) is 0.982. The van der Waals surface area contributed by atoms with E-state index in [1.54, 1.807) is 0 Å². The average Bonchev–Trinajstić information content (AvgIpc) is 2.27. The third kappa shape index (κ3) is 4.19. The van der Waals surface area contributed by atoms with E-state index in [0.29, 0.717) is 0 Å². The standard InChI is InChI=1S/C12H23N3/c1-4-14-7-9-15(10-8-14)6-5-12(2,3)11-13/h4-10H2,1-3H3. The van der Waals surface area contributed by atoms with E-state index in [9.17, 15) is 0 Å². The van der Waals surface area contributed by atoms with Crippen LogP contribution in [0.1, 0.15) is 27.2 Å². The molecule has 0 radical (unpaired) electrons. The van der Waals surface area contributed by atoms with Gasteiger partial charge in [-0.3, -0.25) is 0 Å². The molecule has 0 aromatic carbocycles. The first-order valence-electron chi connectivity index (χ1n) is 5.93. The van der Waals surface area contributed by atoms with Gasteiger partial charge < -0.3 is 9.80 Å². The number of hydrogen-bond acceptors (Lipinski definition) is 3. The fraction of sp³-hybridized carbons (Fsp3) is 0.917. The first kappa shape index (κ1) is 12.5. The van der Waals surface area contributed by atoms with E-state index in [1.165, 1.54) is 13.1 Å². The molecule has 1 rings (SSSR count). The van der Waals surface area contributed by atoms with Crippen molar-refractivity contribution in [1.29, 1.82) is 5.26 Å². The Labute approximate surface area is 93.7 Å². The third-order valence-corrected chi connectivity index (χ3v) is 3.27. The number of hydrogen-bond donors (Lipinski definition) is 0. The third-order valence-electron chi connectivity index (χ3n) is 3.27. The van der Waals surface area contributed by atoms with Gasteiger partial charge in [0, 0.05) is 26.2 Å². The van der Waals surface area contributed by atoms with Crippen molar-refractivity contribution in [2.24, 2.45) is 5.41 Å². The van der Waals surface area contributed by atoms with Crippen molar-refractivity contribution in [1.82, 2.24) is 9.80 Å². The number of nitriles is 1. The first-order valence-corrected chi connectivity index (χ1v) is 5.93. The van der Waals surface area contributed by atoms with Crippen LogP contribution in [0.15, 0.2) is 0 Å². The Bertz CT molecular complexity index is 222. The average molecular weight is 209 g/mol. The van der Waals surface area contributed by atoms with Crippen molar-refractivity contribution in [2.45, 2.75) is 27.2 Å². The highest BCUT2D eigenvalue weighted by molar-refractivity contribution is 4.92. The molecule has 0 saturated carbocycles. The molecule has 3 nitrogen and oxygen atoms in total. The van der Waals surface area contributed by atoms with Crippen LogP contribution in [0.4, 0.5) is 0 Å². The highest BCUT2D eigenvalue weighted by Crippen LogP contribution is 2.19. The first-order chi connectivity index (χ1) is 7.07. The molecule has 1 aliphatic heterocycles. The molecule has 3 heteroatoms. The molecule has 0 aromatic rings. The summed E-state index contributed by atoms with van der Waals surface area (Å²) in [6.45, 7) is 13.2. The van der Waals surface area contributed by atoms with Crippen molar-refractivity contribution in [3.63, 3.8) is 0 Å². The minimum Gasteiger partial charge on any atom is -0.301 e. The van der Waals surface area contributed by atoms with Gasteiger partial charge in [0.1, 0.15) is 0 Å². The lowest BCUT2D eigenvalue weighted by Crippen LogP contribution is -2.46. The summed E-state index contributed by atoms with van der Waals surface area (Å²) >= 11 is 0. The Morgan fingerprint density at radius 3 is 2.13 bits per heavy atom. The zero-order valence-electron chi connectivity index (χ0n) is 10.3. The van der Waals surface area contributed by atoms with Gasteiger partial charge >= 0.3 is 0 Å². The number of piperazine rings is 1. The largest absolute Gasteiger partial charge is 0.301 e. The molecule has 0 aromatic heterocycles. The normalized spacial score (nSPS) is 20.1. The molecule has 0 spiro atoms. The molecule has 0 bridgehead atoms. The molecular formula is C12H23N3. The topological polar surface area (TPSA) is 30.3 Å². The van der Waals surface area contributed by atoms with E-state index >= 15 is 0 Å². The fourth-order valence-corrected chi connectivity index (χ4v) is 1.82. The van der Waals surface area contributed by atoms with Gasteiger partial charge in [-0.1, -0.05) is 6.92 Å². The summed E-state index contributed by atoms with van der Waals surface area (Å²) in [4.78, 5) is 4.96. The summed E-state index contributed by atoms with van der Waals surface area (Å²) < 4.78 is 0. The molecule has 0 atom stereocenters. The van der Waals surface area contributed by atoms with Gasteiger partial charge in [0.2, 0.25) is 0 Å². The van der Waals surface area contributed by atoms with Gasteiger partial charge in [-0.15, -0.1) is 0 Å². The second kappa shape index (κ2) is 5.48. The van der Waals surface area contributed by atoms with Crippen LogP contribution in [0.5, 0.6) is 0 Å². The molecule has 86 valence electrons. The lowest BCUT2D eigenvalue weighted by molar-refractivity contribution is 0.129. The monoisotopic (exact) mass is 209 g/mol. The Morgan fingerprint density at radius 2 is 1.67 bits per heavy atom. The Morgan fingerprint density at radius 1 is 1.13 bits per heavy atom. The molecule has 0 N–H and O–H groups in total. The summed E-state index contributed by atoms with van der Waals surface area (Å²) in [7, 11) is 0. The zero-order chi connectivity index (χ0) is 11.3. The lowest BCUT2D eigenvalue weighted by Gasteiger charge is -2.34. The van der Waals surface area contributed by atoms with Gasteiger partial charge in [0.25, 0.3) is 0 Å². The fourth-order valence-electron chi connectivity index (χ4n) is 1.82. The van der Waals surface area contributed by atoms with Gasteiger partial charge in [-0.2, -0.15) is 5.26 Å². The molecule has 15 heavy (non-hydrogen) atoms. The summed E-state index contributed by atoms with van der Waals surface area (Å²) in [5.74, 6) is 0. The van der Waals surface area contributed by atoms with Crippen LogP contribution >= 0.6 is 0 Å². The second-order valence-electron chi connectivity index (χ2n) is 5.02. The molecule has 0 unspecified atom stereocenters. The second-order valence-corrected chi connectivity index (χ2v) is 5.02. The quantitative estimate of drug-likeness (QED) is 0.704. The van der Waals surface area contributed by atoms with E-state index in [2.05, 4.69) is 22.8 Å². The van der Waals surface area contributed by atoms with Gasteiger partial charge in [-0.05, 0) is 33.4 Å². The maximum Gasteiger partial charge on any atom is 0.0684 e. The van der Waals surface area contributed by atoms with E-state index in [-0.39, 0.29) is 5.41 Å². The predicted molar refractivity (Wildman–Crippen MR) is 62.6 cm³/mol. The number of rotatable bonds is 4. The van der Waals surface area contributed by atoms with Gasteiger partial charge in [0.05, 0.1) is 11.5 Å². The molecule has 1 fully saturated rings. The Balaban J connectivity index is 2.22. The summed E-state index contributed by atoms with van der Waals surface area (Å²) in [6, 6.07) is 2.36. The molecule has 0 aliphatic carbocycles. The van der Waals surface area contributed by atoms with Gasteiger partial charge in [0.15, 0.2) is 0 Å². The van der Waals surface area contributed by atoms with Crippen LogP contribution in [-0.4, -0.2) is 49.1 Å².